The van der Waals surface area contributed by atoms with Gasteiger partial charge in [-0.1, -0.05) is 71.7 Å². The molecule has 0 aliphatic carbocycles. The Morgan fingerprint density at radius 3 is 1.41 bits per heavy atom. The van der Waals surface area contributed by atoms with Crippen molar-refractivity contribution in [2.24, 2.45) is 0 Å². The number of nitrogens with zero attached hydrogens (tertiary/aromatic N) is 2. The lowest BCUT2D eigenvalue weighted by Crippen LogP contribution is -1.96. The first-order valence-corrected chi connectivity index (χ1v) is 13.4. The molecule has 0 unspecified atom stereocenters. The Bertz CT molecular complexity index is 1350. The zero-order valence-electron chi connectivity index (χ0n) is 19.6. The maximum atomic E-state index is 11.3. The van der Waals surface area contributed by atoms with Crippen LogP contribution in [-0.2, 0) is 12.8 Å². The molecule has 0 aliphatic heterocycles. The van der Waals surface area contributed by atoms with Crippen molar-refractivity contribution < 1.29 is 9.85 Å². The number of para-hydroxylation sites is 2. The van der Waals surface area contributed by atoms with Crippen molar-refractivity contribution in [3.05, 3.63) is 126 Å². The van der Waals surface area contributed by atoms with Crippen LogP contribution in [0, 0.1) is 20.2 Å². The van der Waals surface area contributed by atoms with E-state index in [1.165, 1.54) is 12.1 Å². The van der Waals surface area contributed by atoms with Gasteiger partial charge in [-0.25, -0.2) is 0 Å². The molecule has 0 aromatic heterocycles. The third-order valence-corrected chi connectivity index (χ3v) is 7.65. The summed E-state index contributed by atoms with van der Waals surface area (Å²) >= 11 is 14.8. The van der Waals surface area contributed by atoms with E-state index in [0.717, 1.165) is 35.5 Å². The Kier molecular flexibility index (Phi) is 8.82. The van der Waals surface area contributed by atoms with E-state index in [9.17, 15) is 20.2 Å². The molecular formula is C28H22Cl2N2O4S. The summed E-state index contributed by atoms with van der Waals surface area (Å²) in [6, 6.07) is 24.4. The molecule has 0 atom stereocenters. The molecule has 9 heteroatoms. The third-order valence-electron chi connectivity index (χ3n) is 5.96. The topological polar surface area (TPSA) is 86.3 Å². The number of nitro benzene ring substituents is 2. The van der Waals surface area contributed by atoms with Gasteiger partial charge in [-0.2, -0.15) is 11.8 Å². The van der Waals surface area contributed by atoms with Crippen LogP contribution in [0.25, 0.3) is 22.3 Å². The van der Waals surface area contributed by atoms with E-state index in [2.05, 4.69) is 0 Å². The van der Waals surface area contributed by atoms with Gasteiger partial charge in [0.1, 0.15) is 0 Å². The predicted molar refractivity (Wildman–Crippen MR) is 152 cm³/mol. The second-order valence-corrected chi connectivity index (χ2v) is 10.3. The maximum Gasteiger partial charge on any atom is 0.277 e. The minimum Gasteiger partial charge on any atom is -0.258 e. The quantitative estimate of drug-likeness (QED) is 0.111. The van der Waals surface area contributed by atoms with Gasteiger partial charge in [-0.15, -0.1) is 0 Å². The summed E-state index contributed by atoms with van der Waals surface area (Å²) in [6.45, 7) is 0. The molecule has 37 heavy (non-hydrogen) atoms. The minimum atomic E-state index is -0.390. The smallest absolute Gasteiger partial charge is 0.258 e. The lowest BCUT2D eigenvalue weighted by Gasteiger charge is -2.09. The van der Waals surface area contributed by atoms with E-state index >= 15 is 0 Å². The molecule has 0 saturated heterocycles. The average Bonchev–Trinajstić information content (AvgIpc) is 2.90. The Hall–Kier alpha value is -3.39. The number of benzene rings is 4. The molecule has 6 nitrogen and oxygen atoms in total. The van der Waals surface area contributed by atoms with Crippen molar-refractivity contribution in [3.63, 3.8) is 0 Å². The van der Waals surface area contributed by atoms with Crippen LogP contribution in [0.4, 0.5) is 11.4 Å². The highest BCUT2D eigenvalue weighted by Crippen LogP contribution is 2.34. The normalized spacial score (nSPS) is 10.9. The van der Waals surface area contributed by atoms with Gasteiger partial charge in [0.25, 0.3) is 11.4 Å². The standard InChI is InChI=1S/C28H22Cl2N2O4S/c29-25-17-21(23-5-1-3-7-27(23)31(33)34)11-9-19(25)13-15-37-16-14-20-10-12-22(18-26(20)30)24-6-2-4-8-28(24)32(35)36/h1-12,17-18H,13-16H2. The van der Waals surface area contributed by atoms with Crippen molar-refractivity contribution in [1.29, 1.82) is 0 Å². The molecule has 0 amide bonds. The lowest BCUT2D eigenvalue weighted by atomic mass is 10.0. The van der Waals surface area contributed by atoms with Crippen molar-refractivity contribution in [1.82, 2.24) is 0 Å². The van der Waals surface area contributed by atoms with Gasteiger partial charge < -0.3 is 0 Å². The number of aryl methyl sites for hydroxylation is 2. The average molecular weight is 553 g/mol. The van der Waals surface area contributed by atoms with Gasteiger partial charge in [0.15, 0.2) is 0 Å². The van der Waals surface area contributed by atoms with Crippen LogP contribution in [0.15, 0.2) is 84.9 Å². The molecule has 4 aromatic carbocycles. The molecular weight excluding hydrogens is 531 g/mol. The Labute approximate surface area is 228 Å². The van der Waals surface area contributed by atoms with E-state index in [-0.39, 0.29) is 21.2 Å². The predicted octanol–water partition coefficient (Wildman–Crippen LogP) is 8.66. The van der Waals surface area contributed by atoms with Crippen molar-refractivity contribution in [2.75, 3.05) is 11.5 Å². The number of hydrogen-bond donors (Lipinski definition) is 0. The summed E-state index contributed by atoms with van der Waals surface area (Å²) in [7, 11) is 0. The largest absolute Gasteiger partial charge is 0.277 e. The number of rotatable bonds is 10. The molecule has 0 radical (unpaired) electrons. The Balaban J connectivity index is 1.33. The van der Waals surface area contributed by atoms with Gasteiger partial charge in [0.05, 0.1) is 21.0 Å². The summed E-state index contributed by atoms with van der Waals surface area (Å²) in [6.07, 6.45) is 1.54. The molecule has 0 bridgehead atoms. The van der Waals surface area contributed by atoms with Gasteiger partial charge in [-0.3, -0.25) is 20.2 Å². The second kappa shape index (κ2) is 12.2. The van der Waals surface area contributed by atoms with Crippen LogP contribution < -0.4 is 0 Å². The second-order valence-electron chi connectivity index (χ2n) is 8.27. The number of nitro groups is 2. The maximum absolute atomic E-state index is 11.3. The summed E-state index contributed by atoms with van der Waals surface area (Å²) < 4.78 is 0. The molecule has 4 aromatic rings. The van der Waals surface area contributed by atoms with Gasteiger partial charge in [0, 0.05) is 22.2 Å². The summed E-state index contributed by atoms with van der Waals surface area (Å²) in [5.41, 5.74) is 4.60. The SMILES string of the molecule is O=[N+]([O-])c1ccccc1-c1ccc(CCSCCc2ccc(-c3ccccc3[N+](=O)[O-])cc2Cl)c(Cl)c1. The van der Waals surface area contributed by atoms with Crippen LogP contribution in [0.5, 0.6) is 0 Å². The number of hydrogen-bond acceptors (Lipinski definition) is 5. The molecule has 0 fully saturated rings. The van der Waals surface area contributed by atoms with Crippen molar-refractivity contribution in [2.45, 2.75) is 12.8 Å². The molecule has 0 spiro atoms. The Morgan fingerprint density at radius 1 is 0.622 bits per heavy atom. The monoisotopic (exact) mass is 552 g/mol. The van der Waals surface area contributed by atoms with Crippen LogP contribution in [0.1, 0.15) is 11.1 Å². The fraction of sp³-hybridized carbons (Fsp3) is 0.143. The van der Waals surface area contributed by atoms with Crippen LogP contribution >= 0.6 is 35.0 Å². The summed E-state index contributed by atoms with van der Waals surface area (Å²) in [4.78, 5) is 21.9. The van der Waals surface area contributed by atoms with Crippen LogP contribution in [-0.4, -0.2) is 21.4 Å². The van der Waals surface area contributed by atoms with E-state index in [1.807, 2.05) is 24.3 Å². The van der Waals surface area contributed by atoms with Crippen LogP contribution in [0.2, 0.25) is 10.0 Å². The minimum absolute atomic E-state index is 0.0514. The summed E-state index contributed by atoms with van der Waals surface area (Å²) in [5.74, 6) is 1.72. The Morgan fingerprint density at radius 2 is 1.03 bits per heavy atom. The fourth-order valence-corrected chi connectivity index (χ4v) is 5.54. The van der Waals surface area contributed by atoms with E-state index < -0.39 is 0 Å². The molecule has 4 rings (SSSR count). The summed E-state index contributed by atoms with van der Waals surface area (Å²) in [5, 5.41) is 23.8. The number of thioether (sulfide) groups is 1. The van der Waals surface area contributed by atoms with E-state index in [4.69, 9.17) is 23.2 Å². The highest BCUT2D eigenvalue weighted by atomic mass is 35.5. The zero-order valence-corrected chi connectivity index (χ0v) is 21.9. The van der Waals surface area contributed by atoms with Crippen molar-refractivity contribution >= 4 is 46.3 Å². The first-order chi connectivity index (χ1) is 17.8. The number of halogens is 2. The van der Waals surface area contributed by atoms with Crippen LogP contribution in [0.3, 0.4) is 0 Å². The fourth-order valence-electron chi connectivity index (χ4n) is 4.06. The zero-order chi connectivity index (χ0) is 26.4. The molecule has 0 N–H and O–H groups in total. The van der Waals surface area contributed by atoms with Gasteiger partial charge in [-0.05, 0) is 70.9 Å². The molecule has 0 heterocycles. The van der Waals surface area contributed by atoms with Gasteiger partial charge in [0.2, 0.25) is 0 Å². The molecule has 0 aliphatic rings. The van der Waals surface area contributed by atoms with E-state index in [1.54, 1.807) is 60.3 Å². The third kappa shape index (κ3) is 6.49. The highest BCUT2D eigenvalue weighted by molar-refractivity contribution is 7.99. The first kappa shape index (κ1) is 26.7. The molecule has 0 saturated carbocycles. The first-order valence-electron chi connectivity index (χ1n) is 11.5. The highest BCUT2D eigenvalue weighted by Gasteiger charge is 2.16. The van der Waals surface area contributed by atoms with E-state index in [0.29, 0.717) is 32.3 Å². The van der Waals surface area contributed by atoms with Gasteiger partial charge >= 0.3 is 0 Å². The van der Waals surface area contributed by atoms with Crippen molar-refractivity contribution in [3.8, 4) is 22.3 Å². The molecule has 188 valence electrons. The lowest BCUT2D eigenvalue weighted by molar-refractivity contribution is -0.384.